The molecule has 1 unspecified atom stereocenters. The first-order chi connectivity index (χ1) is 9.24. The molecule has 0 spiro atoms. The molecule has 1 saturated carbocycles. The van der Waals surface area contributed by atoms with Gasteiger partial charge in [0.05, 0.1) is 18.3 Å². The Labute approximate surface area is 119 Å². The standard InChI is InChI=1S/C12H15BrN6/c1-8(11-6-9(13)4-5-14-11)15-7-12-16-17-18-19(12)10-2-3-10/h4-6,8,10,15H,2-3,7H2,1H3. The molecule has 1 fully saturated rings. The molecule has 1 aliphatic carbocycles. The maximum Gasteiger partial charge on any atom is 0.165 e. The van der Waals surface area contributed by atoms with Crippen LogP contribution < -0.4 is 5.32 Å². The molecular weight excluding hydrogens is 308 g/mol. The highest BCUT2D eigenvalue weighted by Crippen LogP contribution is 2.34. The van der Waals surface area contributed by atoms with Crippen LogP contribution >= 0.6 is 15.9 Å². The molecular formula is C12H15BrN6. The average molecular weight is 323 g/mol. The Morgan fingerprint density at radius 2 is 2.37 bits per heavy atom. The second kappa shape index (κ2) is 5.34. The molecule has 1 N–H and O–H groups in total. The topological polar surface area (TPSA) is 68.5 Å². The number of rotatable bonds is 5. The summed E-state index contributed by atoms with van der Waals surface area (Å²) < 4.78 is 2.96. The Kier molecular flexibility index (Phi) is 3.56. The highest BCUT2D eigenvalue weighted by molar-refractivity contribution is 9.10. The molecule has 0 radical (unpaired) electrons. The van der Waals surface area contributed by atoms with E-state index in [4.69, 9.17) is 0 Å². The molecule has 0 aliphatic heterocycles. The van der Waals surface area contributed by atoms with Gasteiger partial charge < -0.3 is 5.32 Å². The van der Waals surface area contributed by atoms with Gasteiger partial charge in [0, 0.05) is 16.7 Å². The van der Waals surface area contributed by atoms with E-state index < -0.39 is 0 Å². The van der Waals surface area contributed by atoms with E-state index in [0.717, 1.165) is 16.0 Å². The van der Waals surface area contributed by atoms with Crippen molar-refractivity contribution in [2.24, 2.45) is 0 Å². The van der Waals surface area contributed by atoms with Gasteiger partial charge in [-0.05, 0) is 42.3 Å². The summed E-state index contributed by atoms with van der Waals surface area (Å²) in [6, 6.07) is 4.60. The molecule has 3 rings (SSSR count). The Balaban J connectivity index is 1.63. The van der Waals surface area contributed by atoms with Gasteiger partial charge in [-0.3, -0.25) is 4.98 Å². The van der Waals surface area contributed by atoms with Gasteiger partial charge in [0.1, 0.15) is 0 Å². The molecule has 6 nitrogen and oxygen atoms in total. The van der Waals surface area contributed by atoms with Crippen LogP contribution in [0.15, 0.2) is 22.8 Å². The van der Waals surface area contributed by atoms with Crippen LogP contribution in [0.25, 0.3) is 0 Å². The minimum atomic E-state index is 0.154. The Bertz CT molecular complexity index is 565. The molecule has 19 heavy (non-hydrogen) atoms. The van der Waals surface area contributed by atoms with E-state index in [0.29, 0.717) is 12.6 Å². The highest BCUT2D eigenvalue weighted by atomic mass is 79.9. The first-order valence-electron chi connectivity index (χ1n) is 6.35. The largest absolute Gasteiger partial charge is 0.302 e. The predicted octanol–water partition coefficient (Wildman–Crippen LogP) is 2.02. The summed E-state index contributed by atoms with van der Waals surface area (Å²) in [5.74, 6) is 0.893. The molecule has 100 valence electrons. The van der Waals surface area contributed by atoms with E-state index in [1.54, 1.807) is 6.20 Å². The van der Waals surface area contributed by atoms with E-state index in [1.807, 2.05) is 16.8 Å². The fourth-order valence-corrected chi connectivity index (χ4v) is 2.29. The number of hydrogen-bond acceptors (Lipinski definition) is 5. The van der Waals surface area contributed by atoms with Crippen LogP contribution in [0, 0.1) is 0 Å². The van der Waals surface area contributed by atoms with Gasteiger partial charge in [-0.1, -0.05) is 15.9 Å². The molecule has 0 amide bonds. The van der Waals surface area contributed by atoms with E-state index in [9.17, 15) is 0 Å². The summed E-state index contributed by atoms with van der Waals surface area (Å²) in [5, 5.41) is 15.3. The van der Waals surface area contributed by atoms with Crippen molar-refractivity contribution in [3.05, 3.63) is 34.3 Å². The molecule has 2 aromatic rings. The normalized spacial score (nSPS) is 16.5. The smallest absolute Gasteiger partial charge is 0.165 e. The van der Waals surface area contributed by atoms with Crippen molar-refractivity contribution in [3.63, 3.8) is 0 Å². The average Bonchev–Trinajstić information content (AvgIpc) is 3.15. The van der Waals surface area contributed by atoms with Crippen molar-refractivity contribution < 1.29 is 0 Å². The zero-order chi connectivity index (χ0) is 13.2. The van der Waals surface area contributed by atoms with Gasteiger partial charge in [-0.25, -0.2) is 4.68 Å². The summed E-state index contributed by atoms with van der Waals surface area (Å²) >= 11 is 3.45. The van der Waals surface area contributed by atoms with Gasteiger partial charge in [-0.15, -0.1) is 5.10 Å². The monoisotopic (exact) mass is 322 g/mol. The fraction of sp³-hybridized carbons (Fsp3) is 0.500. The van der Waals surface area contributed by atoms with Crippen LogP contribution in [-0.4, -0.2) is 25.2 Å². The van der Waals surface area contributed by atoms with Crippen LogP contribution in [0.4, 0.5) is 0 Å². The van der Waals surface area contributed by atoms with Crippen molar-refractivity contribution in [1.29, 1.82) is 0 Å². The van der Waals surface area contributed by atoms with Crippen molar-refractivity contribution >= 4 is 15.9 Å². The van der Waals surface area contributed by atoms with E-state index in [-0.39, 0.29) is 6.04 Å². The minimum absolute atomic E-state index is 0.154. The second-order valence-electron chi connectivity index (χ2n) is 4.77. The third kappa shape index (κ3) is 2.98. The maximum atomic E-state index is 4.36. The van der Waals surface area contributed by atoms with E-state index in [1.165, 1.54) is 12.8 Å². The molecule has 0 saturated heterocycles. The van der Waals surface area contributed by atoms with E-state index in [2.05, 4.69) is 48.7 Å². The van der Waals surface area contributed by atoms with Gasteiger partial charge in [-0.2, -0.15) is 0 Å². The SMILES string of the molecule is CC(NCc1nnnn1C1CC1)c1cc(Br)ccn1. The molecule has 1 atom stereocenters. The zero-order valence-corrected chi connectivity index (χ0v) is 12.2. The lowest BCUT2D eigenvalue weighted by Gasteiger charge is -2.13. The van der Waals surface area contributed by atoms with Crippen molar-refractivity contribution in [2.45, 2.75) is 38.4 Å². The summed E-state index contributed by atoms with van der Waals surface area (Å²) in [6.07, 6.45) is 4.16. The van der Waals surface area contributed by atoms with Crippen LogP contribution in [0.3, 0.4) is 0 Å². The summed E-state index contributed by atoms with van der Waals surface area (Å²) in [6.45, 7) is 2.74. The lowest BCUT2D eigenvalue weighted by atomic mass is 10.2. The van der Waals surface area contributed by atoms with Gasteiger partial charge in [0.15, 0.2) is 5.82 Å². The second-order valence-corrected chi connectivity index (χ2v) is 5.69. The van der Waals surface area contributed by atoms with Crippen LogP contribution in [-0.2, 0) is 6.54 Å². The zero-order valence-electron chi connectivity index (χ0n) is 10.6. The maximum absolute atomic E-state index is 4.36. The number of tetrazole rings is 1. The van der Waals surface area contributed by atoms with Gasteiger partial charge in [0.2, 0.25) is 0 Å². The van der Waals surface area contributed by atoms with Crippen LogP contribution in [0.2, 0.25) is 0 Å². The number of aromatic nitrogens is 5. The van der Waals surface area contributed by atoms with Crippen molar-refractivity contribution in [1.82, 2.24) is 30.5 Å². The lowest BCUT2D eigenvalue weighted by Crippen LogP contribution is -2.21. The summed E-state index contributed by atoms with van der Waals surface area (Å²) in [5.41, 5.74) is 1.000. The third-order valence-corrected chi connectivity index (χ3v) is 3.70. The van der Waals surface area contributed by atoms with Gasteiger partial charge in [0.25, 0.3) is 0 Å². The number of pyridine rings is 1. The molecule has 1 aliphatic rings. The van der Waals surface area contributed by atoms with Crippen LogP contribution in [0.1, 0.15) is 43.4 Å². The Morgan fingerprint density at radius 3 is 3.11 bits per heavy atom. The quantitative estimate of drug-likeness (QED) is 0.912. The number of nitrogens with one attached hydrogen (secondary N) is 1. The third-order valence-electron chi connectivity index (χ3n) is 3.21. The molecule has 7 heteroatoms. The molecule has 0 bridgehead atoms. The predicted molar refractivity (Wildman–Crippen MR) is 73.3 cm³/mol. The fourth-order valence-electron chi connectivity index (χ4n) is 1.94. The number of halogens is 1. The number of nitrogens with zero attached hydrogens (tertiary/aromatic N) is 5. The van der Waals surface area contributed by atoms with E-state index >= 15 is 0 Å². The summed E-state index contributed by atoms with van der Waals surface area (Å²) in [7, 11) is 0. The molecule has 2 aromatic heterocycles. The van der Waals surface area contributed by atoms with Crippen molar-refractivity contribution in [3.8, 4) is 0 Å². The lowest BCUT2D eigenvalue weighted by molar-refractivity contribution is 0.510. The molecule has 2 heterocycles. The first-order valence-corrected chi connectivity index (χ1v) is 7.15. The van der Waals surface area contributed by atoms with Gasteiger partial charge >= 0.3 is 0 Å². The Morgan fingerprint density at radius 1 is 1.53 bits per heavy atom. The number of hydrogen-bond donors (Lipinski definition) is 1. The van der Waals surface area contributed by atoms with Crippen LogP contribution in [0.5, 0.6) is 0 Å². The first kappa shape index (κ1) is 12.7. The highest BCUT2D eigenvalue weighted by Gasteiger charge is 2.27. The summed E-state index contributed by atoms with van der Waals surface area (Å²) in [4.78, 5) is 4.36. The molecule has 0 aromatic carbocycles. The minimum Gasteiger partial charge on any atom is -0.302 e. The van der Waals surface area contributed by atoms with Crippen molar-refractivity contribution in [2.75, 3.05) is 0 Å². The Hall–Kier alpha value is -1.34.